The van der Waals surface area contributed by atoms with Crippen LogP contribution in [-0.2, 0) is 37.7 Å². The first kappa shape index (κ1) is 27.5. The van der Waals surface area contributed by atoms with E-state index in [0.717, 1.165) is 22.3 Å². The molecule has 0 aliphatic carbocycles. The Balaban J connectivity index is 0.00000304. The molecule has 11 nitrogen and oxygen atoms in total. The number of nitrogens with zero attached hydrogens (tertiary/aromatic N) is 6. The molecule has 4 aromatic rings. The number of hydrogen-bond donors (Lipinski definition) is 1. The normalized spacial score (nSPS) is 15.8. The standard InChI is InChI=1S/C22H20ClN6O5S.K/c1-2-11-22(33-35(31,32)34-22)21-24-19(23)18(13-30)29(21)12-14-7-9-15(10-8-14)16-5-3-4-6-17(16)20-25-27-28-26-20;/h3-10,30H,2,11-13H2,1H3;/q-1;+1. The Hall–Kier alpha value is -1.52. The molecular formula is C22H20ClKN6O5S. The van der Waals surface area contributed by atoms with Crippen LogP contribution in [0.25, 0.3) is 22.5 Å². The smallest absolute Gasteiger partial charge is 0.390 e. The number of imidazole rings is 1. The van der Waals surface area contributed by atoms with E-state index in [1.807, 2.05) is 55.5 Å². The molecule has 14 heteroatoms. The average molecular weight is 555 g/mol. The zero-order valence-electron chi connectivity index (χ0n) is 19.5. The quantitative estimate of drug-likeness (QED) is 0.291. The summed E-state index contributed by atoms with van der Waals surface area (Å²) in [5, 5.41) is 25.0. The predicted octanol–water partition coefficient (Wildman–Crippen LogP) is -0.198. The van der Waals surface area contributed by atoms with Gasteiger partial charge in [-0.2, -0.15) is 13.6 Å². The van der Waals surface area contributed by atoms with Crippen molar-refractivity contribution in [2.75, 3.05) is 0 Å². The van der Waals surface area contributed by atoms with Crippen LogP contribution in [0.15, 0.2) is 48.5 Å². The third-order valence-electron chi connectivity index (χ3n) is 5.66. The maximum absolute atomic E-state index is 11.7. The molecule has 1 saturated heterocycles. The van der Waals surface area contributed by atoms with Crippen LogP contribution < -0.4 is 56.5 Å². The molecule has 36 heavy (non-hydrogen) atoms. The number of aliphatic hydroxyl groups excluding tert-OH is 1. The van der Waals surface area contributed by atoms with E-state index < -0.39 is 22.8 Å². The topological polar surface area (TPSA) is 143 Å². The van der Waals surface area contributed by atoms with E-state index in [2.05, 4.69) is 25.6 Å². The summed E-state index contributed by atoms with van der Waals surface area (Å²) in [6.07, 6.45) is 0.814. The predicted molar refractivity (Wildman–Crippen MR) is 124 cm³/mol. The summed E-state index contributed by atoms with van der Waals surface area (Å²) < 4.78 is 35.3. The molecule has 0 atom stereocenters. The number of hydrogen-bond acceptors (Lipinski definition) is 9. The maximum atomic E-state index is 11.7. The third kappa shape index (κ3) is 5.22. The van der Waals surface area contributed by atoms with E-state index in [1.165, 1.54) is 0 Å². The molecule has 182 valence electrons. The van der Waals surface area contributed by atoms with E-state index in [0.29, 0.717) is 17.9 Å². The number of tetrazole rings is 1. The second-order valence-electron chi connectivity index (χ2n) is 7.94. The van der Waals surface area contributed by atoms with Crippen LogP contribution in [0.1, 0.15) is 36.8 Å². The van der Waals surface area contributed by atoms with Crippen molar-refractivity contribution in [1.82, 2.24) is 30.2 Å². The molecule has 0 amide bonds. The molecule has 0 unspecified atom stereocenters. The summed E-state index contributed by atoms with van der Waals surface area (Å²) in [6.45, 7) is 1.73. The molecule has 1 fully saturated rings. The zero-order valence-corrected chi connectivity index (χ0v) is 24.2. The summed E-state index contributed by atoms with van der Waals surface area (Å²) in [4.78, 5) is 4.29. The molecular weight excluding hydrogens is 535 g/mol. The second-order valence-corrected chi connectivity index (χ2v) is 9.45. The summed E-state index contributed by atoms with van der Waals surface area (Å²) in [6, 6.07) is 15.4. The first-order valence-corrected chi connectivity index (χ1v) is 12.5. The fourth-order valence-electron chi connectivity index (χ4n) is 4.16. The first-order chi connectivity index (χ1) is 16.9. The Morgan fingerprint density at radius 1 is 1.11 bits per heavy atom. The SMILES string of the molecule is CCCC1(c2nc(Cl)c(CO)n2Cc2ccc(-c3ccccc3-c3nnn[n-]3)cc2)OS(=O)(=O)O1.[K+]. The van der Waals surface area contributed by atoms with Crippen LogP contribution in [-0.4, -0.2) is 38.6 Å². The molecule has 0 bridgehead atoms. The number of aromatic nitrogens is 6. The van der Waals surface area contributed by atoms with E-state index in [1.54, 1.807) is 4.57 Å². The van der Waals surface area contributed by atoms with Gasteiger partial charge in [0, 0.05) is 18.8 Å². The van der Waals surface area contributed by atoms with Crippen molar-refractivity contribution in [2.24, 2.45) is 0 Å². The van der Waals surface area contributed by atoms with Crippen LogP contribution >= 0.6 is 11.6 Å². The maximum Gasteiger partial charge on any atom is 1.00 e. The number of aliphatic hydroxyl groups is 1. The average Bonchev–Trinajstić information content (AvgIpc) is 3.47. The molecule has 1 aliphatic heterocycles. The Morgan fingerprint density at radius 3 is 2.39 bits per heavy atom. The Labute approximate surface area is 254 Å². The van der Waals surface area contributed by atoms with Crippen molar-refractivity contribution in [2.45, 2.75) is 38.7 Å². The molecule has 1 N–H and O–H groups in total. The van der Waals surface area contributed by atoms with Crippen molar-refractivity contribution < 1.29 is 73.3 Å². The summed E-state index contributed by atoms with van der Waals surface area (Å²) >= 11 is 6.27. The van der Waals surface area contributed by atoms with Crippen LogP contribution in [0.5, 0.6) is 0 Å². The van der Waals surface area contributed by atoms with E-state index in [-0.39, 0.29) is 75.3 Å². The van der Waals surface area contributed by atoms with Crippen LogP contribution in [0, 0.1) is 0 Å². The van der Waals surface area contributed by atoms with Crippen molar-refractivity contribution in [3.8, 4) is 22.5 Å². The Bertz CT molecular complexity index is 1450. The van der Waals surface area contributed by atoms with Gasteiger partial charge in [-0.25, -0.2) is 13.4 Å². The van der Waals surface area contributed by atoms with Gasteiger partial charge in [0.2, 0.25) is 0 Å². The molecule has 0 spiro atoms. The summed E-state index contributed by atoms with van der Waals surface area (Å²) in [5.74, 6) is -0.955. The largest absolute Gasteiger partial charge is 1.00 e. The Kier molecular flexibility index (Phi) is 8.46. The molecule has 0 radical (unpaired) electrons. The fraction of sp³-hybridized carbons (Fsp3) is 0.273. The Morgan fingerprint density at radius 2 is 1.81 bits per heavy atom. The van der Waals surface area contributed by atoms with Gasteiger partial charge in [0.05, 0.1) is 12.3 Å². The molecule has 2 aromatic carbocycles. The van der Waals surface area contributed by atoms with E-state index in [9.17, 15) is 13.5 Å². The van der Waals surface area contributed by atoms with Gasteiger partial charge in [-0.1, -0.05) is 73.5 Å². The van der Waals surface area contributed by atoms with E-state index >= 15 is 0 Å². The fourth-order valence-corrected chi connectivity index (χ4v) is 5.39. The van der Waals surface area contributed by atoms with E-state index in [4.69, 9.17) is 20.0 Å². The number of benzene rings is 2. The van der Waals surface area contributed by atoms with Crippen LogP contribution in [0.4, 0.5) is 0 Å². The summed E-state index contributed by atoms with van der Waals surface area (Å²) in [5.41, 5.74) is 3.84. The minimum atomic E-state index is -4.10. The van der Waals surface area contributed by atoms with Gasteiger partial charge in [0.25, 0.3) is 5.79 Å². The van der Waals surface area contributed by atoms with Gasteiger partial charge in [0.15, 0.2) is 11.0 Å². The van der Waals surface area contributed by atoms with Crippen molar-refractivity contribution >= 4 is 22.0 Å². The van der Waals surface area contributed by atoms with Crippen LogP contribution in [0.2, 0.25) is 5.15 Å². The van der Waals surface area contributed by atoms with Gasteiger partial charge < -0.3 is 14.8 Å². The van der Waals surface area contributed by atoms with Crippen molar-refractivity contribution in [3.05, 3.63) is 70.8 Å². The van der Waals surface area contributed by atoms with Gasteiger partial charge in [-0.15, -0.1) is 0 Å². The third-order valence-corrected chi connectivity index (χ3v) is 6.91. The van der Waals surface area contributed by atoms with Gasteiger partial charge in [-0.05, 0) is 22.3 Å². The van der Waals surface area contributed by atoms with Gasteiger partial charge >= 0.3 is 61.8 Å². The summed E-state index contributed by atoms with van der Waals surface area (Å²) in [7, 11) is -4.10. The number of rotatable bonds is 8. The monoisotopic (exact) mass is 554 g/mol. The molecule has 3 heterocycles. The minimum absolute atomic E-state index is 0. The zero-order chi connectivity index (χ0) is 24.6. The van der Waals surface area contributed by atoms with Crippen molar-refractivity contribution in [1.29, 1.82) is 0 Å². The first-order valence-electron chi connectivity index (χ1n) is 10.8. The molecule has 1 aliphatic rings. The molecule has 0 saturated carbocycles. The van der Waals surface area contributed by atoms with Crippen LogP contribution in [0.3, 0.4) is 0 Å². The second kappa shape index (κ2) is 11.1. The van der Waals surface area contributed by atoms with Gasteiger partial charge in [0.1, 0.15) is 0 Å². The molecule has 5 rings (SSSR count). The van der Waals surface area contributed by atoms with Gasteiger partial charge in [-0.3, -0.25) is 10.3 Å². The van der Waals surface area contributed by atoms with Crippen molar-refractivity contribution in [3.63, 3.8) is 0 Å². The number of halogens is 1. The minimum Gasteiger partial charge on any atom is -0.390 e. The molecule has 2 aromatic heterocycles.